The Morgan fingerprint density at radius 1 is 1.16 bits per heavy atom. The molecule has 1 saturated heterocycles. The Balaban J connectivity index is 1.91. The smallest absolute Gasteiger partial charge is 0.243 e. The van der Waals surface area contributed by atoms with Crippen LogP contribution in [-0.2, 0) is 19.5 Å². The van der Waals surface area contributed by atoms with Crippen LogP contribution in [0, 0.1) is 18.8 Å². The lowest BCUT2D eigenvalue weighted by Gasteiger charge is -2.28. The second kappa shape index (κ2) is 10.8. The van der Waals surface area contributed by atoms with Crippen molar-refractivity contribution >= 4 is 21.8 Å². The second-order valence-electron chi connectivity index (χ2n) is 7.97. The number of rotatable bonds is 10. The molecule has 1 fully saturated rings. The summed E-state index contributed by atoms with van der Waals surface area (Å²) in [5, 5.41) is 0. The summed E-state index contributed by atoms with van der Waals surface area (Å²) in [4.78, 5) is 1.48. The van der Waals surface area contributed by atoms with Gasteiger partial charge in [-0.1, -0.05) is 48.0 Å². The van der Waals surface area contributed by atoms with E-state index in [0.717, 1.165) is 16.9 Å². The van der Waals surface area contributed by atoms with Crippen molar-refractivity contribution in [2.75, 3.05) is 32.8 Å². The Bertz CT molecular complexity index is 961. The van der Waals surface area contributed by atoms with E-state index in [1.807, 2.05) is 44.2 Å². The molecule has 168 valence electrons. The fourth-order valence-electron chi connectivity index (χ4n) is 3.98. The number of hydrogen-bond donors (Lipinski definition) is 0. The molecule has 0 radical (unpaired) electrons. The first-order valence-corrected chi connectivity index (χ1v) is 12.8. The molecule has 0 amide bonds. The predicted octanol–water partition coefficient (Wildman–Crippen LogP) is 4.59. The van der Waals surface area contributed by atoms with E-state index in [0.29, 0.717) is 11.4 Å². The highest BCUT2D eigenvalue weighted by atomic mass is 32.2. The molecule has 1 aliphatic rings. The first-order valence-electron chi connectivity index (χ1n) is 10.3. The molecule has 31 heavy (non-hydrogen) atoms. The molecule has 2 aromatic rings. The Kier molecular flexibility index (Phi) is 8.36. The van der Waals surface area contributed by atoms with E-state index in [-0.39, 0.29) is 31.3 Å². The van der Waals surface area contributed by atoms with Crippen molar-refractivity contribution < 1.29 is 17.9 Å². The van der Waals surface area contributed by atoms with Crippen LogP contribution in [0.25, 0.3) is 0 Å². The zero-order valence-corrected chi connectivity index (χ0v) is 20.0. The molecule has 0 aromatic heterocycles. The zero-order chi connectivity index (χ0) is 22.4. The highest BCUT2D eigenvalue weighted by Crippen LogP contribution is 2.40. The molecule has 0 bridgehead atoms. The fraction of sp³-hybridized carbons (Fsp3) is 0.417. The van der Waals surface area contributed by atoms with Gasteiger partial charge in [0.1, 0.15) is 6.79 Å². The molecule has 0 spiro atoms. The van der Waals surface area contributed by atoms with E-state index in [2.05, 4.69) is 18.7 Å². The molecular weight excluding hydrogens is 430 g/mol. The molecule has 0 unspecified atom stereocenters. The van der Waals surface area contributed by atoms with Crippen LogP contribution in [0.2, 0.25) is 0 Å². The topological polar surface area (TPSA) is 55.8 Å². The van der Waals surface area contributed by atoms with Crippen molar-refractivity contribution in [2.24, 2.45) is 11.8 Å². The molecule has 1 aliphatic heterocycles. The van der Waals surface area contributed by atoms with Crippen LogP contribution in [0.1, 0.15) is 12.5 Å². The average molecular weight is 462 g/mol. The number of nitrogens with zero attached hydrogens (tertiary/aromatic N) is 1. The second-order valence-corrected chi connectivity index (χ2v) is 11.0. The molecular formula is C24H31NO4S2. The third-order valence-corrected chi connectivity index (χ3v) is 8.76. The van der Waals surface area contributed by atoms with Crippen LogP contribution >= 0.6 is 11.8 Å². The molecule has 5 nitrogen and oxygen atoms in total. The van der Waals surface area contributed by atoms with E-state index < -0.39 is 10.0 Å². The quantitative estimate of drug-likeness (QED) is 0.224. The maximum atomic E-state index is 13.6. The molecule has 0 N–H and O–H groups in total. The van der Waals surface area contributed by atoms with Crippen LogP contribution < -0.4 is 0 Å². The molecule has 0 saturated carbocycles. The third kappa shape index (κ3) is 5.79. The average Bonchev–Trinajstić information content (AvgIpc) is 3.13. The van der Waals surface area contributed by atoms with E-state index in [4.69, 9.17) is 9.47 Å². The van der Waals surface area contributed by atoms with E-state index in [1.54, 1.807) is 35.3 Å². The molecule has 1 heterocycles. The number of ether oxygens (including phenoxy) is 2. The van der Waals surface area contributed by atoms with E-state index in [9.17, 15) is 8.42 Å². The molecule has 7 heteroatoms. The lowest BCUT2D eigenvalue weighted by Crippen LogP contribution is -2.41. The minimum absolute atomic E-state index is 0.0626. The molecule has 0 aliphatic carbocycles. The van der Waals surface area contributed by atoms with Crippen molar-refractivity contribution in [3.05, 3.63) is 72.3 Å². The summed E-state index contributed by atoms with van der Waals surface area (Å²) in [6.45, 7) is 8.93. The summed E-state index contributed by atoms with van der Waals surface area (Å²) in [6, 6.07) is 16.9. The number of sulfonamides is 1. The predicted molar refractivity (Wildman–Crippen MR) is 126 cm³/mol. The van der Waals surface area contributed by atoms with Crippen LogP contribution in [0.15, 0.2) is 76.5 Å². The maximum Gasteiger partial charge on any atom is 0.243 e. The number of thioether (sulfide) groups is 1. The summed E-state index contributed by atoms with van der Waals surface area (Å²) < 4.78 is 39.5. The molecule has 3 rings (SSSR count). The summed E-state index contributed by atoms with van der Waals surface area (Å²) in [5.41, 5.74) is 2.02. The largest absolute Gasteiger partial charge is 0.359 e. The number of methoxy groups -OCH3 is 1. The van der Waals surface area contributed by atoms with Gasteiger partial charge < -0.3 is 9.47 Å². The summed E-state index contributed by atoms with van der Waals surface area (Å²) >= 11 is 1.74. The van der Waals surface area contributed by atoms with Gasteiger partial charge in [0, 0.05) is 24.3 Å². The number of hydrogen-bond acceptors (Lipinski definition) is 5. The van der Waals surface area contributed by atoms with Crippen molar-refractivity contribution in [2.45, 2.75) is 29.7 Å². The van der Waals surface area contributed by atoms with Gasteiger partial charge in [0.2, 0.25) is 10.0 Å². The monoisotopic (exact) mass is 461 g/mol. The van der Waals surface area contributed by atoms with Crippen LogP contribution in [-0.4, -0.2) is 51.6 Å². The maximum absolute atomic E-state index is 13.6. The van der Waals surface area contributed by atoms with Crippen LogP contribution in [0.4, 0.5) is 0 Å². The third-order valence-electron chi connectivity index (χ3n) is 5.69. The van der Waals surface area contributed by atoms with Crippen molar-refractivity contribution in [3.8, 4) is 0 Å². The van der Waals surface area contributed by atoms with Crippen molar-refractivity contribution in [1.29, 1.82) is 0 Å². The lowest BCUT2D eigenvalue weighted by atomic mass is 9.88. The standard InChI is InChI=1S/C24H31NO4S2/c1-18(2)22-14-25(31(26,27)21-12-10-19(3)11-13-21)24(15-29-17-28-4)23(22)16-30-20-8-6-5-7-9-20/h5-13,22-24H,1,14-17H2,2-4H3/t22-,23+,24-/m1/s1. The fourth-order valence-corrected chi connectivity index (χ4v) is 6.86. The minimum Gasteiger partial charge on any atom is -0.359 e. The minimum atomic E-state index is -3.66. The highest BCUT2D eigenvalue weighted by molar-refractivity contribution is 7.99. The van der Waals surface area contributed by atoms with Gasteiger partial charge in [-0.3, -0.25) is 0 Å². The van der Waals surface area contributed by atoms with E-state index >= 15 is 0 Å². The normalized spacial score (nSPS) is 22.0. The van der Waals surface area contributed by atoms with Gasteiger partial charge in [-0.2, -0.15) is 4.31 Å². The summed E-state index contributed by atoms with van der Waals surface area (Å²) in [6.07, 6.45) is 0. The van der Waals surface area contributed by atoms with Crippen molar-refractivity contribution in [3.63, 3.8) is 0 Å². The lowest BCUT2D eigenvalue weighted by molar-refractivity contribution is -0.0449. The van der Waals surface area contributed by atoms with Gasteiger partial charge in [-0.25, -0.2) is 8.42 Å². The van der Waals surface area contributed by atoms with Gasteiger partial charge >= 0.3 is 0 Å². The molecule has 2 aromatic carbocycles. The van der Waals surface area contributed by atoms with Gasteiger partial charge in [-0.05, 0) is 49.9 Å². The Labute approximate surface area is 190 Å². The SMILES string of the molecule is C=C(C)[C@H]1CN(S(=O)(=O)c2ccc(C)cc2)[C@H](COCOC)[C@H]1CSc1ccccc1. The zero-order valence-electron chi connectivity index (χ0n) is 18.4. The van der Waals surface area contributed by atoms with Gasteiger partial charge in [0.05, 0.1) is 17.5 Å². The highest BCUT2D eigenvalue weighted by Gasteiger charge is 2.47. The van der Waals surface area contributed by atoms with Crippen LogP contribution in [0.5, 0.6) is 0 Å². The summed E-state index contributed by atoms with van der Waals surface area (Å²) in [7, 11) is -2.10. The Morgan fingerprint density at radius 2 is 1.84 bits per heavy atom. The summed E-state index contributed by atoms with van der Waals surface area (Å²) in [5.74, 6) is 0.926. The number of aryl methyl sites for hydroxylation is 1. The first-order chi connectivity index (χ1) is 14.8. The van der Waals surface area contributed by atoms with E-state index in [1.165, 1.54) is 4.90 Å². The van der Waals surface area contributed by atoms with Gasteiger partial charge in [0.15, 0.2) is 0 Å². The number of benzene rings is 2. The van der Waals surface area contributed by atoms with Crippen molar-refractivity contribution in [1.82, 2.24) is 4.31 Å². The van der Waals surface area contributed by atoms with Crippen LogP contribution in [0.3, 0.4) is 0 Å². The van der Waals surface area contributed by atoms with Gasteiger partial charge in [0.25, 0.3) is 0 Å². The Morgan fingerprint density at radius 3 is 2.45 bits per heavy atom. The molecule has 3 atom stereocenters. The first kappa shape index (κ1) is 24.0. The van der Waals surface area contributed by atoms with Gasteiger partial charge in [-0.15, -0.1) is 11.8 Å². The Hall–Kier alpha value is -1.64.